The first-order chi connectivity index (χ1) is 15.4. The van der Waals surface area contributed by atoms with Gasteiger partial charge >= 0.3 is 0 Å². The van der Waals surface area contributed by atoms with Crippen LogP contribution in [-0.4, -0.2) is 26.1 Å². The minimum Gasteiger partial charge on any atom is -0.318 e. The minimum absolute atomic E-state index is 0.0549. The van der Waals surface area contributed by atoms with Crippen LogP contribution in [0.5, 0.6) is 0 Å². The smallest absolute Gasteiger partial charge is 0.174 e. The molecule has 0 unspecified atom stereocenters. The lowest BCUT2D eigenvalue weighted by Crippen LogP contribution is -2.06. The molecule has 0 N–H and O–H groups in total. The number of hydrogen-bond acceptors (Lipinski definition) is 5. The van der Waals surface area contributed by atoms with Gasteiger partial charge < -0.3 is 4.57 Å². The fourth-order valence-corrected chi connectivity index (χ4v) is 6.95. The maximum atomic E-state index is 13.7. The molecule has 0 radical (unpaired) electrons. The van der Waals surface area contributed by atoms with Gasteiger partial charge in [-0.3, -0.25) is 4.79 Å². The number of fused-ring (bicyclic) bond motifs is 3. The quantitative estimate of drug-likeness (QED) is 0.194. The molecule has 3 aromatic heterocycles. The molecule has 3 heterocycles. The number of carbonyl (C=O) groups excluding carboxylic acids is 1. The van der Waals surface area contributed by atoms with Crippen LogP contribution in [0.1, 0.15) is 50.9 Å². The van der Waals surface area contributed by atoms with E-state index in [0.29, 0.717) is 11.3 Å². The number of aromatic nitrogens is 3. The number of nitrogens with zero attached hydrogens (tertiary/aromatic N) is 3. The summed E-state index contributed by atoms with van der Waals surface area (Å²) < 4.78 is 15.7. The van der Waals surface area contributed by atoms with Gasteiger partial charge in [0.2, 0.25) is 0 Å². The van der Waals surface area contributed by atoms with Crippen LogP contribution >= 0.6 is 23.1 Å². The number of thioether (sulfide) groups is 1. The Kier molecular flexibility index (Phi) is 5.63. The van der Waals surface area contributed by atoms with E-state index >= 15 is 0 Å². The maximum Gasteiger partial charge on any atom is 0.174 e. The molecule has 4 aromatic rings. The number of thiophene rings is 1. The van der Waals surface area contributed by atoms with Gasteiger partial charge in [-0.15, -0.1) is 11.3 Å². The van der Waals surface area contributed by atoms with E-state index in [1.54, 1.807) is 17.4 Å². The summed E-state index contributed by atoms with van der Waals surface area (Å²) in [6, 6.07) is 8.35. The molecule has 0 amide bonds. The largest absolute Gasteiger partial charge is 0.318 e. The summed E-state index contributed by atoms with van der Waals surface area (Å²) in [5.74, 6) is 0.819. The summed E-state index contributed by atoms with van der Waals surface area (Å²) in [4.78, 5) is 25.1. The SMILES string of the molecule is Cc1nc(SCC(=O)c2cc(C)n(-c3cccc(F)c3)c2C)c2c3c(sc2n1)CCCC3. The van der Waals surface area contributed by atoms with Gasteiger partial charge in [0.15, 0.2) is 5.78 Å². The van der Waals surface area contributed by atoms with E-state index in [2.05, 4.69) is 4.98 Å². The van der Waals surface area contributed by atoms with E-state index in [4.69, 9.17) is 4.98 Å². The Bertz CT molecular complexity index is 1360. The number of aryl methyl sites for hydroxylation is 4. The first-order valence-corrected chi connectivity index (χ1v) is 12.6. The van der Waals surface area contributed by atoms with Gasteiger partial charge in [0.25, 0.3) is 0 Å². The van der Waals surface area contributed by atoms with E-state index in [9.17, 15) is 9.18 Å². The second kappa shape index (κ2) is 8.45. The van der Waals surface area contributed by atoms with Crippen LogP contribution in [0.4, 0.5) is 4.39 Å². The number of benzene rings is 1. The third-order valence-corrected chi connectivity index (χ3v) is 8.19. The molecule has 5 rings (SSSR count). The van der Waals surface area contributed by atoms with Crippen LogP contribution in [0.3, 0.4) is 0 Å². The van der Waals surface area contributed by atoms with Crippen molar-refractivity contribution < 1.29 is 9.18 Å². The van der Waals surface area contributed by atoms with Crippen molar-refractivity contribution >= 4 is 39.1 Å². The Morgan fingerprint density at radius 2 is 1.97 bits per heavy atom. The molecule has 4 nitrogen and oxygen atoms in total. The average molecular weight is 466 g/mol. The Hall–Kier alpha value is -2.51. The standard InChI is InChI=1S/C25H24FN3OS2/c1-14-11-20(15(2)29(14)18-8-6-7-17(26)12-18)21(30)13-31-24-23-19-9-4-5-10-22(19)32-25(23)28-16(3)27-24/h6-8,11-12H,4-5,9-10,13H2,1-3H3. The van der Waals surface area contributed by atoms with Crippen LogP contribution in [-0.2, 0) is 12.8 Å². The summed E-state index contributed by atoms with van der Waals surface area (Å²) in [5, 5.41) is 2.07. The molecule has 32 heavy (non-hydrogen) atoms. The van der Waals surface area contributed by atoms with Crippen molar-refractivity contribution in [2.75, 3.05) is 5.75 Å². The number of hydrogen-bond donors (Lipinski definition) is 0. The molecule has 0 atom stereocenters. The predicted molar refractivity (Wildman–Crippen MR) is 129 cm³/mol. The van der Waals surface area contributed by atoms with Crippen LogP contribution < -0.4 is 0 Å². The molecular weight excluding hydrogens is 441 g/mol. The Morgan fingerprint density at radius 3 is 2.78 bits per heavy atom. The van der Waals surface area contributed by atoms with E-state index in [1.165, 1.54) is 47.2 Å². The fourth-order valence-electron chi connectivity index (χ4n) is 4.60. The molecule has 0 spiro atoms. The van der Waals surface area contributed by atoms with Gasteiger partial charge in [-0.2, -0.15) is 0 Å². The fraction of sp³-hybridized carbons (Fsp3) is 0.320. The molecular formula is C25H24FN3OS2. The predicted octanol–water partition coefficient (Wildman–Crippen LogP) is 6.40. The summed E-state index contributed by atoms with van der Waals surface area (Å²) >= 11 is 3.29. The highest BCUT2D eigenvalue weighted by Crippen LogP contribution is 2.39. The van der Waals surface area contributed by atoms with Gasteiger partial charge in [0.1, 0.15) is 21.5 Å². The molecule has 164 valence electrons. The lowest BCUT2D eigenvalue weighted by molar-refractivity contribution is 0.102. The summed E-state index contributed by atoms with van der Waals surface area (Å²) in [6.45, 7) is 5.77. The summed E-state index contributed by atoms with van der Waals surface area (Å²) in [5.41, 5.74) is 4.53. The van der Waals surface area contributed by atoms with E-state index in [1.807, 2.05) is 37.5 Å². The molecule has 0 bridgehead atoms. The van der Waals surface area contributed by atoms with Crippen molar-refractivity contribution in [2.45, 2.75) is 51.5 Å². The van der Waals surface area contributed by atoms with Crippen molar-refractivity contribution in [3.8, 4) is 5.69 Å². The lowest BCUT2D eigenvalue weighted by Gasteiger charge is -2.12. The zero-order valence-electron chi connectivity index (χ0n) is 18.4. The topological polar surface area (TPSA) is 47.8 Å². The molecule has 1 aliphatic carbocycles. The average Bonchev–Trinajstić information content (AvgIpc) is 3.28. The van der Waals surface area contributed by atoms with Gasteiger partial charge in [-0.1, -0.05) is 17.8 Å². The molecule has 7 heteroatoms. The van der Waals surface area contributed by atoms with Crippen molar-refractivity contribution in [1.29, 1.82) is 0 Å². The zero-order chi connectivity index (χ0) is 22.4. The van der Waals surface area contributed by atoms with E-state index < -0.39 is 0 Å². The highest BCUT2D eigenvalue weighted by atomic mass is 32.2. The minimum atomic E-state index is -0.291. The Labute approximate surface area is 194 Å². The molecule has 0 aliphatic heterocycles. The number of halogens is 1. The van der Waals surface area contributed by atoms with Crippen molar-refractivity contribution in [3.05, 3.63) is 69.4 Å². The van der Waals surface area contributed by atoms with Crippen LogP contribution in [0, 0.1) is 26.6 Å². The first-order valence-electron chi connectivity index (χ1n) is 10.8. The molecule has 1 aliphatic rings. The number of carbonyl (C=O) groups is 1. The summed E-state index contributed by atoms with van der Waals surface area (Å²) in [6.07, 6.45) is 4.61. The van der Waals surface area contributed by atoms with Crippen molar-refractivity contribution in [3.63, 3.8) is 0 Å². The second-order valence-electron chi connectivity index (χ2n) is 8.28. The van der Waals surface area contributed by atoms with Crippen molar-refractivity contribution in [2.24, 2.45) is 0 Å². The van der Waals surface area contributed by atoms with E-state index in [-0.39, 0.29) is 11.6 Å². The van der Waals surface area contributed by atoms with Gasteiger partial charge in [0.05, 0.1) is 5.75 Å². The number of ketones is 1. The van der Waals surface area contributed by atoms with Gasteiger partial charge in [-0.25, -0.2) is 14.4 Å². The molecule has 0 saturated heterocycles. The molecule has 0 fully saturated rings. The van der Waals surface area contributed by atoms with Crippen LogP contribution in [0.2, 0.25) is 0 Å². The van der Waals surface area contributed by atoms with E-state index in [0.717, 1.165) is 51.0 Å². The Balaban J connectivity index is 1.44. The Morgan fingerprint density at radius 1 is 1.16 bits per heavy atom. The molecule has 0 saturated carbocycles. The monoisotopic (exact) mass is 465 g/mol. The first kappa shape index (κ1) is 21.3. The van der Waals surface area contributed by atoms with Gasteiger partial charge in [0, 0.05) is 32.9 Å². The highest BCUT2D eigenvalue weighted by Gasteiger charge is 2.22. The van der Waals surface area contributed by atoms with Crippen molar-refractivity contribution in [1.82, 2.24) is 14.5 Å². The molecule has 1 aromatic carbocycles. The van der Waals surface area contributed by atoms with Gasteiger partial charge in [-0.05, 0) is 76.3 Å². The summed E-state index contributed by atoms with van der Waals surface area (Å²) in [7, 11) is 0. The normalized spacial score (nSPS) is 13.5. The number of rotatable bonds is 5. The zero-order valence-corrected chi connectivity index (χ0v) is 20.0. The second-order valence-corrected chi connectivity index (χ2v) is 10.3. The van der Waals surface area contributed by atoms with Crippen LogP contribution in [0.25, 0.3) is 15.9 Å². The highest BCUT2D eigenvalue weighted by molar-refractivity contribution is 8.00. The third-order valence-electron chi connectivity index (χ3n) is 6.03. The maximum absolute atomic E-state index is 13.7. The number of Topliss-reactive ketones (excluding diaryl/α,β-unsaturated/α-hetero) is 1. The third kappa shape index (κ3) is 3.77. The van der Waals surface area contributed by atoms with Crippen LogP contribution in [0.15, 0.2) is 35.4 Å². The lowest BCUT2D eigenvalue weighted by atomic mass is 9.97.